The minimum Gasteiger partial charge on any atom is -0.339 e. The van der Waals surface area contributed by atoms with Crippen molar-refractivity contribution in [1.82, 2.24) is 14.7 Å². The van der Waals surface area contributed by atoms with Gasteiger partial charge in [0.15, 0.2) is 0 Å². The summed E-state index contributed by atoms with van der Waals surface area (Å²) < 4.78 is 1.64. The quantitative estimate of drug-likeness (QED) is 0.482. The molecule has 1 N–H and O–H groups in total. The number of hydrogen-bond donors (Lipinski definition) is 1. The summed E-state index contributed by atoms with van der Waals surface area (Å²) in [6.07, 6.45) is 5.73. The van der Waals surface area contributed by atoms with Crippen molar-refractivity contribution in [2.75, 3.05) is 12.4 Å². The lowest BCUT2D eigenvalue weighted by atomic mass is 9.94. The fraction of sp³-hybridized carbons (Fsp3) is 0.370. The van der Waals surface area contributed by atoms with Gasteiger partial charge in [0.05, 0.1) is 17.8 Å². The zero-order chi connectivity index (χ0) is 24.2. The van der Waals surface area contributed by atoms with Crippen molar-refractivity contribution in [3.8, 4) is 0 Å². The van der Waals surface area contributed by atoms with Crippen LogP contribution in [0.5, 0.6) is 0 Å². The number of carbonyl (C=O) groups excluding carboxylic acids is 2. The monoisotopic (exact) mass is 478 g/mol. The van der Waals surface area contributed by atoms with Crippen LogP contribution >= 0.6 is 11.6 Å². The Morgan fingerprint density at radius 2 is 1.68 bits per heavy atom. The summed E-state index contributed by atoms with van der Waals surface area (Å²) in [4.78, 5) is 27.7. The van der Waals surface area contributed by atoms with E-state index < -0.39 is 0 Å². The highest BCUT2D eigenvalue weighted by Gasteiger charge is 2.24. The molecule has 0 spiro atoms. The molecule has 0 unspecified atom stereocenters. The summed E-state index contributed by atoms with van der Waals surface area (Å²) in [7, 11) is 1.88. The van der Waals surface area contributed by atoms with Gasteiger partial charge in [0.25, 0.3) is 11.8 Å². The molecule has 2 aromatic carbocycles. The lowest BCUT2D eigenvalue weighted by Crippen LogP contribution is -2.38. The van der Waals surface area contributed by atoms with Crippen LogP contribution in [0.1, 0.15) is 69.6 Å². The van der Waals surface area contributed by atoms with Crippen LogP contribution < -0.4 is 5.32 Å². The topological polar surface area (TPSA) is 67.2 Å². The first-order valence-corrected chi connectivity index (χ1v) is 12.2. The normalized spacial score (nSPS) is 14.1. The molecule has 1 aromatic heterocycles. The molecule has 0 bridgehead atoms. The average Bonchev–Trinajstić information content (AvgIpc) is 3.13. The number of aryl methyl sites for hydroxylation is 2. The molecular weight excluding hydrogens is 448 g/mol. The second kappa shape index (κ2) is 10.4. The molecular formula is C27H31ClN4O2. The van der Waals surface area contributed by atoms with Gasteiger partial charge in [-0.05, 0) is 56.5 Å². The number of rotatable bonds is 6. The molecule has 0 atom stereocenters. The predicted molar refractivity (Wildman–Crippen MR) is 136 cm³/mol. The zero-order valence-corrected chi connectivity index (χ0v) is 20.7. The van der Waals surface area contributed by atoms with Crippen molar-refractivity contribution in [1.29, 1.82) is 0 Å². The Morgan fingerprint density at radius 3 is 2.32 bits per heavy atom. The number of halogens is 1. The van der Waals surface area contributed by atoms with Gasteiger partial charge in [0, 0.05) is 24.3 Å². The lowest BCUT2D eigenvalue weighted by molar-refractivity contribution is 0.0696. The molecule has 6 nitrogen and oxygen atoms in total. The zero-order valence-electron chi connectivity index (χ0n) is 20.0. The van der Waals surface area contributed by atoms with E-state index in [1.165, 1.54) is 24.8 Å². The number of nitrogens with one attached hydrogen (secondary N) is 1. The van der Waals surface area contributed by atoms with Crippen molar-refractivity contribution >= 4 is 29.1 Å². The molecule has 1 fully saturated rings. The second-order valence-electron chi connectivity index (χ2n) is 9.13. The first kappa shape index (κ1) is 24.0. The minimum absolute atomic E-state index is 0.0149. The van der Waals surface area contributed by atoms with Gasteiger partial charge in [-0.3, -0.25) is 9.59 Å². The van der Waals surface area contributed by atoms with E-state index in [0.29, 0.717) is 40.2 Å². The molecule has 1 saturated carbocycles. The van der Waals surface area contributed by atoms with Crippen LogP contribution in [0.2, 0.25) is 5.15 Å². The van der Waals surface area contributed by atoms with E-state index in [4.69, 9.17) is 11.6 Å². The van der Waals surface area contributed by atoms with Gasteiger partial charge in [0.2, 0.25) is 0 Å². The van der Waals surface area contributed by atoms with Crippen LogP contribution in [-0.2, 0) is 6.54 Å². The van der Waals surface area contributed by atoms with Gasteiger partial charge >= 0.3 is 0 Å². The summed E-state index contributed by atoms with van der Waals surface area (Å²) in [5, 5.41) is 7.65. The summed E-state index contributed by atoms with van der Waals surface area (Å²) in [5.41, 5.74) is 4.37. The van der Waals surface area contributed by atoms with E-state index in [0.717, 1.165) is 18.4 Å². The first-order valence-electron chi connectivity index (χ1n) is 11.8. The van der Waals surface area contributed by atoms with Crippen LogP contribution in [0.4, 0.5) is 5.69 Å². The summed E-state index contributed by atoms with van der Waals surface area (Å²) in [5.74, 6) is -0.308. The van der Waals surface area contributed by atoms with Gasteiger partial charge < -0.3 is 10.2 Å². The number of nitrogens with zero attached hydrogens (tertiary/aromatic N) is 3. The predicted octanol–water partition coefficient (Wildman–Crippen LogP) is 5.86. The van der Waals surface area contributed by atoms with Crippen molar-refractivity contribution < 1.29 is 9.59 Å². The standard InChI is InChI=1S/C27H31ClN4O2/c1-18-9-11-20(12-10-18)17-32-25(28)24(19(2)30-32)26(33)29-22-15-13-21(14-16-22)27(34)31(3)23-7-5-4-6-8-23/h9-16,23H,4-8,17H2,1-3H3,(H,29,33). The highest BCUT2D eigenvalue weighted by atomic mass is 35.5. The molecule has 1 heterocycles. The Hall–Kier alpha value is -3.12. The average molecular weight is 479 g/mol. The van der Waals surface area contributed by atoms with Gasteiger partial charge in [-0.2, -0.15) is 5.10 Å². The molecule has 3 aromatic rings. The highest BCUT2D eigenvalue weighted by molar-refractivity contribution is 6.33. The van der Waals surface area contributed by atoms with Gasteiger partial charge in [-0.25, -0.2) is 4.68 Å². The van der Waals surface area contributed by atoms with Crippen molar-refractivity contribution in [3.05, 3.63) is 81.6 Å². The molecule has 1 aliphatic carbocycles. The molecule has 4 rings (SSSR count). The maximum Gasteiger partial charge on any atom is 0.260 e. The second-order valence-corrected chi connectivity index (χ2v) is 9.49. The largest absolute Gasteiger partial charge is 0.339 e. The fourth-order valence-corrected chi connectivity index (χ4v) is 4.83. The molecule has 2 amide bonds. The SMILES string of the molecule is Cc1ccc(Cn2nc(C)c(C(=O)Nc3ccc(C(=O)N(C)C4CCCCC4)cc3)c2Cl)cc1. The molecule has 0 saturated heterocycles. The highest BCUT2D eigenvalue weighted by Crippen LogP contribution is 2.25. The third kappa shape index (κ3) is 5.33. The van der Waals surface area contributed by atoms with Crippen LogP contribution in [-0.4, -0.2) is 39.6 Å². The molecule has 1 aliphatic rings. The smallest absolute Gasteiger partial charge is 0.260 e. The maximum absolute atomic E-state index is 13.0. The first-order chi connectivity index (χ1) is 16.3. The third-order valence-corrected chi connectivity index (χ3v) is 6.96. The molecule has 0 radical (unpaired) electrons. The molecule has 34 heavy (non-hydrogen) atoms. The third-order valence-electron chi connectivity index (χ3n) is 6.58. The number of aromatic nitrogens is 2. The van der Waals surface area contributed by atoms with Gasteiger partial charge in [0.1, 0.15) is 5.15 Å². The van der Waals surface area contributed by atoms with Gasteiger partial charge in [-0.15, -0.1) is 0 Å². The number of amides is 2. The summed E-state index contributed by atoms with van der Waals surface area (Å²) in [6, 6.07) is 15.4. The van der Waals surface area contributed by atoms with Crippen molar-refractivity contribution in [3.63, 3.8) is 0 Å². The lowest BCUT2D eigenvalue weighted by Gasteiger charge is -2.31. The number of hydrogen-bond acceptors (Lipinski definition) is 3. The van der Waals surface area contributed by atoms with Gasteiger partial charge in [-0.1, -0.05) is 60.7 Å². The van der Waals surface area contributed by atoms with E-state index in [1.54, 1.807) is 35.9 Å². The van der Waals surface area contributed by atoms with E-state index in [-0.39, 0.29) is 11.8 Å². The number of benzene rings is 2. The Morgan fingerprint density at radius 1 is 1.03 bits per heavy atom. The Kier molecular flexibility index (Phi) is 7.37. The maximum atomic E-state index is 13.0. The van der Waals surface area contributed by atoms with E-state index in [9.17, 15) is 9.59 Å². The fourth-order valence-electron chi connectivity index (χ4n) is 4.51. The van der Waals surface area contributed by atoms with Crippen LogP contribution in [0.15, 0.2) is 48.5 Å². The van der Waals surface area contributed by atoms with Crippen LogP contribution in [0, 0.1) is 13.8 Å². The molecule has 178 valence electrons. The molecule has 7 heteroatoms. The van der Waals surface area contributed by atoms with Crippen LogP contribution in [0.3, 0.4) is 0 Å². The Labute approximate surface area is 205 Å². The van der Waals surface area contributed by atoms with E-state index in [2.05, 4.69) is 10.4 Å². The van der Waals surface area contributed by atoms with E-state index in [1.807, 2.05) is 43.1 Å². The van der Waals surface area contributed by atoms with E-state index >= 15 is 0 Å². The van der Waals surface area contributed by atoms with Crippen molar-refractivity contribution in [2.24, 2.45) is 0 Å². The van der Waals surface area contributed by atoms with Crippen LogP contribution in [0.25, 0.3) is 0 Å². The minimum atomic E-state index is -0.323. The molecule has 0 aliphatic heterocycles. The Balaban J connectivity index is 1.43. The summed E-state index contributed by atoms with van der Waals surface area (Å²) in [6.45, 7) is 4.29. The summed E-state index contributed by atoms with van der Waals surface area (Å²) >= 11 is 6.54. The van der Waals surface area contributed by atoms with Crippen molar-refractivity contribution in [2.45, 2.75) is 58.5 Å². The number of anilines is 1. The number of carbonyl (C=O) groups is 2. The Bertz CT molecular complexity index is 1160.